The van der Waals surface area contributed by atoms with E-state index in [0.717, 1.165) is 42.9 Å². The summed E-state index contributed by atoms with van der Waals surface area (Å²) in [4.78, 5) is 0. The lowest BCUT2D eigenvalue weighted by Crippen LogP contribution is -2.34. The maximum absolute atomic E-state index is 14.8. The van der Waals surface area contributed by atoms with Crippen molar-refractivity contribution in [1.29, 1.82) is 0 Å². The van der Waals surface area contributed by atoms with Crippen molar-refractivity contribution >= 4 is 0 Å². The molecule has 0 aliphatic heterocycles. The smallest absolute Gasteiger partial charge is 0.200 e. The summed E-state index contributed by atoms with van der Waals surface area (Å²) in [6.45, 7) is 4.79. The maximum Gasteiger partial charge on any atom is 0.200 e. The first-order chi connectivity index (χ1) is 14.1. The van der Waals surface area contributed by atoms with Crippen molar-refractivity contribution in [1.82, 2.24) is 0 Å². The first-order valence-corrected chi connectivity index (χ1v) is 12.2. The molecule has 4 unspecified atom stereocenters. The van der Waals surface area contributed by atoms with E-state index < -0.39 is 11.6 Å². The van der Waals surface area contributed by atoms with E-state index in [1.807, 2.05) is 6.92 Å². The van der Waals surface area contributed by atoms with Gasteiger partial charge in [0, 0.05) is 0 Å². The summed E-state index contributed by atoms with van der Waals surface area (Å²) in [6, 6.07) is 3.42. The quantitative estimate of drug-likeness (QED) is 0.485. The third kappa shape index (κ3) is 4.64. The second-order valence-corrected chi connectivity index (χ2v) is 10.3. The molecule has 0 bridgehead atoms. The molecule has 29 heavy (non-hydrogen) atoms. The fourth-order valence-electron chi connectivity index (χ4n) is 6.58. The van der Waals surface area contributed by atoms with Gasteiger partial charge in [0.25, 0.3) is 0 Å². The zero-order chi connectivity index (χ0) is 20.4. The molecule has 0 amide bonds. The van der Waals surface area contributed by atoms with Gasteiger partial charge in [0.15, 0.2) is 11.6 Å². The zero-order valence-corrected chi connectivity index (χ0v) is 18.3. The molecule has 3 fully saturated rings. The van der Waals surface area contributed by atoms with Crippen LogP contribution in [0, 0.1) is 41.2 Å². The summed E-state index contributed by atoms with van der Waals surface area (Å²) in [6.07, 6.45) is 13.7. The zero-order valence-electron chi connectivity index (χ0n) is 18.3. The summed E-state index contributed by atoms with van der Waals surface area (Å²) in [5.74, 6) is 3.06. The van der Waals surface area contributed by atoms with E-state index in [4.69, 9.17) is 4.74 Å². The number of hydrogen-bond donors (Lipinski definition) is 0. The predicted molar refractivity (Wildman–Crippen MR) is 114 cm³/mol. The molecular formula is C26H38F2O. The molecule has 0 radical (unpaired) electrons. The van der Waals surface area contributed by atoms with Crippen molar-refractivity contribution in [3.63, 3.8) is 0 Å². The van der Waals surface area contributed by atoms with Crippen LogP contribution in [-0.4, -0.2) is 6.61 Å². The van der Waals surface area contributed by atoms with Crippen molar-refractivity contribution in [2.24, 2.45) is 29.6 Å². The molecule has 1 aromatic carbocycles. The van der Waals surface area contributed by atoms with Crippen LogP contribution in [-0.2, 0) is 0 Å². The molecule has 3 saturated carbocycles. The van der Waals surface area contributed by atoms with E-state index in [1.165, 1.54) is 51.4 Å². The molecule has 3 heteroatoms. The minimum atomic E-state index is -0.798. The van der Waals surface area contributed by atoms with E-state index >= 15 is 0 Å². The highest BCUT2D eigenvalue weighted by atomic mass is 19.2. The third-order valence-electron chi connectivity index (χ3n) is 8.36. The number of ether oxygens (including phenoxy) is 1. The van der Waals surface area contributed by atoms with Crippen molar-refractivity contribution < 1.29 is 13.5 Å². The van der Waals surface area contributed by atoms with Gasteiger partial charge in [0.1, 0.15) is 0 Å². The van der Waals surface area contributed by atoms with E-state index in [2.05, 4.69) is 6.92 Å². The molecule has 3 aliphatic carbocycles. The van der Waals surface area contributed by atoms with Gasteiger partial charge < -0.3 is 4.74 Å². The van der Waals surface area contributed by atoms with Crippen LogP contribution in [0.1, 0.15) is 96.0 Å². The number of halogens is 2. The van der Waals surface area contributed by atoms with Crippen molar-refractivity contribution in [2.45, 2.75) is 90.4 Å². The first-order valence-electron chi connectivity index (χ1n) is 12.2. The van der Waals surface area contributed by atoms with E-state index in [9.17, 15) is 8.78 Å². The molecule has 0 saturated heterocycles. The summed E-state index contributed by atoms with van der Waals surface area (Å²) < 4.78 is 34.6. The molecule has 0 spiro atoms. The highest BCUT2D eigenvalue weighted by molar-refractivity contribution is 5.33. The Hall–Kier alpha value is -1.12. The Morgan fingerprint density at radius 2 is 1.41 bits per heavy atom. The van der Waals surface area contributed by atoms with Crippen molar-refractivity contribution in [3.05, 3.63) is 29.3 Å². The second-order valence-electron chi connectivity index (χ2n) is 10.3. The summed E-state index contributed by atoms with van der Waals surface area (Å²) >= 11 is 0. The molecule has 4 rings (SSSR count). The largest absolute Gasteiger partial charge is 0.490 e. The Bertz CT molecular complexity index is 680. The van der Waals surface area contributed by atoms with Crippen LogP contribution in [0.25, 0.3) is 0 Å². The monoisotopic (exact) mass is 404 g/mol. The fraction of sp³-hybridized carbons (Fsp3) is 0.769. The molecule has 3 aliphatic rings. The number of fused-ring (bicyclic) bond motifs is 1. The molecule has 0 heterocycles. The normalized spacial score (nSPS) is 35.2. The lowest BCUT2D eigenvalue weighted by molar-refractivity contribution is 0.0726. The average Bonchev–Trinajstić information content (AvgIpc) is 2.75. The summed E-state index contributed by atoms with van der Waals surface area (Å²) in [5, 5.41) is 0. The molecule has 1 nitrogen and oxygen atoms in total. The molecule has 0 N–H and O–H groups in total. The van der Waals surface area contributed by atoms with Gasteiger partial charge in [-0.1, -0.05) is 32.8 Å². The topological polar surface area (TPSA) is 9.23 Å². The standard InChI is InChI=1S/C26H38F2O/c1-3-14-29-24-13-12-23(25(27)26(24)28)22-11-10-20-15-19(8-9-21(20)16-22)18-6-4-17(2)5-7-18/h12-13,17-22H,3-11,14-16H2,1-2H3. The van der Waals surface area contributed by atoms with E-state index in [-0.39, 0.29) is 11.7 Å². The van der Waals surface area contributed by atoms with E-state index in [0.29, 0.717) is 18.1 Å². The highest BCUT2D eigenvalue weighted by Gasteiger charge is 2.39. The molecule has 1 aromatic rings. The van der Waals surface area contributed by atoms with Crippen LogP contribution in [0.4, 0.5) is 8.78 Å². The van der Waals surface area contributed by atoms with Gasteiger partial charge >= 0.3 is 0 Å². The Morgan fingerprint density at radius 3 is 2.14 bits per heavy atom. The molecule has 0 aromatic heterocycles. The van der Waals surface area contributed by atoms with Gasteiger partial charge in [0.05, 0.1) is 6.61 Å². The SMILES string of the molecule is CCCOc1ccc(C2CCC3CC(C4CCC(C)CC4)CCC3C2)c(F)c1F. The lowest BCUT2D eigenvalue weighted by atomic mass is 9.60. The number of benzene rings is 1. The second kappa shape index (κ2) is 9.35. The van der Waals surface area contributed by atoms with Gasteiger partial charge in [-0.2, -0.15) is 4.39 Å². The number of hydrogen-bond acceptors (Lipinski definition) is 1. The maximum atomic E-state index is 14.8. The first kappa shape index (κ1) is 21.1. The van der Waals surface area contributed by atoms with Crippen LogP contribution in [0.3, 0.4) is 0 Å². The predicted octanol–water partition coefficient (Wildman–Crippen LogP) is 7.88. The minimum Gasteiger partial charge on any atom is -0.490 e. The van der Waals surface area contributed by atoms with Crippen LogP contribution >= 0.6 is 0 Å². The Morgan fingerprint density at radius 1 is 0.793 bits per heavy atom. The van der Waals surface area contributed by atoms with Crippen molar-refractivity contribution in [3.8, 4) is 5.75 Å². The Labute approximate surface area is 175 Å². The van der Waals surface area contributed by atoms with Crippen LogP contribution < -0.4 is 4.74 Å². The van der Waals surface area contributed by atoms with Gasteiger partial charge in [-0.3, -0.25) is 0 Å². The Balaban J connectivity index is 1.37. The summed E-state index contributed by atoms with van der Waals surface area (Å²) in [5.41, 5.74) is 0.577. The van der Waals surface area contributed by atoms with Crippen molar-refractivity contribution in [2.75, 3.05) is 6.61 Å². The van der Waals surface area contributed by atoms with Gasteiger partial charge in [-0.15, -0.1) is 0 Å². The fourth-order valence-corrected chi connectivity index (χ4v) is 6.58. The molecular weight excluding hydrogens is 366 g/mol. The minimum absolute atomic E-state index is 0.0593. The average molecular weight is 405 g/mol. The summed E-state index contributed by atoms with van der Waals surface area (Å²) in [7, 11) is 0. The number of rotatable bonds is 5. The third-order valence-corrected chi connectivity index (χ3v) is 8.36. The van der Waals surface area contributed by atoms with Gasteiger partial charge in [-0.25, -0.2) is 4.39 Å². The Kier molecular flexibility index (Phi) is 6.81. The van der Waals surface area contributed by atoms with Gasteiger partial charge in [-0.05, 0) is 105 Å². The van der Waals surface area contributed by atoms with Gasteiger partial charge in [0.2, 0.25) is 5.82 Å². The van der Waals surface area contributed by atoms with Crippen LogP contribution in [0.2, 0.25) is 0 Å². The highest BCUT2D eigenvalue weighted by Crippen LogP contribution is 2.51. The molecule has 4 atom stereocenters. The molecule has 162 valence electrons. The van der Waals surface area contributed by atoms with Crippen LogP contribution in [0.15, 0.2) is 12.1 Å². The van der Waals surface area contributed by atoms with Crippen LogP contribution in [0.5, 0.6) is 5.75 Å². The van der Waals surface area contributed by atoms with E-state index in [1.54, 1.807) is 12.1 Å². The lowest BCUT2D eigenvalue weighted by Gasteiger charge is -2.45.